The molecule has 1 aromatic carbocycles. The maximum Gasteiger partial charge on any atom is 0.182 e. The Balaban J connectivity index is 1.89. The summed E-state index contributed by atoms with van der Waals surface area (Å²) in [6.45, 7) is 4.44. The first kappa shape index (κ1) is 12.1. The van der Waals surface area contributed by atoms with Crippen molar-refractivity contribution >= 4 is 16.5 Å². The number of aryl methyl sites for hydroxylation is 1. The van der Waals surface area contributed by atoms with E-state index in [-0.39, 0.29) is 5.54 Å². The Bertz CT molecular complexity index is 435. The molecule has 0 atom stereocenters. The van der Waals surface area contributed by atoms with Crippen LogP contribution in [0.3, 0.4) is 0 Å². The van der Waals surface area contributed by atoms with Crippen molar-refractivity contribution in [3.8, 4) is 0 Å². The lowest BCUT2D eigenvalue weighted by Crippen LogP contribution is -2.31. The first-order valence-corrected chi connectivity index (χ1v) is 6.75. The number of nitrogens with zero attached hydrogens (tertiary/aromatic N) is 1. The first-order valence-electron chi connectivity index (χ1n) is 5.87. The van der Waals surface area contributed by atoms with Crippen LogP contribution >= 0.6 is 11.3 Å². The van der Waals surface area contributed by atoms with Crippen molar-refractivity contribution in [2.24, 2.45) is 0 Å². The smallest absolute Gasteiger partial charge is 0.182 e. The molecule has 0 fully saturated rings. The van der Waals surface area contributed by atoms with Crippen molar-refractivity contribution in [2.75, 3.05) is 5.32 Å². The molecule has 3 heteroatoms. The van der Waals surface area contributed by atoms with E-state index in [1.165, 1.54) is 5.56 Å². The second kappa shape index (κ2) is 5.32. The standard InChI is InChI=1S/C14H18N2S/c1-14(2,16-13-15-10-11-17-13)9-8-12-6-4-3-5-7-12/h3-7,10-11H,8-9H2,1-2H3,(H,15,16). The summed E-state index contributed by atoms with van der Waals surface area (Å²) in [5.41, 5.74) is 1.47. The van der Waals surface area contributed by atoms with Gasteiger partial charge in [-0.3, -0.25) is 0 Å². The number of thiazole rings is 1. The molecule has 0 aliphatic rings. The number of benzene rings is 1. The van der Waals surface area contributed by atoms with Crippen LogP contribution in [0.2, 0.25) is 0 Å². The maximum absolute atomic E-state index is 4.26. The van der Waals surface area contributed by atoms with Gasteiger partial charge < -0.3 is 5.32 Å². The van der Waals surface area contributed by atoms with Gasteiger partial charge in [0, 0.05) is 17.1 Å². The molecule has 0 aliphatic heterocycles. The number of aromatic nitrogens is 1. The van der Waals surface area contributed by atoms with E-state index in [4.69, 9.17) is 0 Å². The van der Waals surface area contributed by atoms with Gasteiger partial charge in [0.1, 0.15) is 0 Å². The molecule has 1 N–H and O–H groups in total. The van der Waals surface area contributed by atoms with Crippen LogP contribution in [0.15, 0.2) is 41.9 Å². The molecule has 0 saturated carbocycles. The number of nitrogens with one attached hydrogen (secondary N) is 1. The van der Waals surface area contributed by atoms with E-state index in [0.29, 0.717) is 0 Å². The van der Waals surface area contributed by atoms with Gasteiger partial charge >= 0.3 is 0 Å². The van der Waals surface area contributed by atoms with Crippen molar-refractivity contribution < 1.29 is 0 Å². The van der Waals surface area contributed by atoms with Crippen LogP contribution in [0.1, 0.15) is 25.8 Å². The second-order valence-corrected chi connectivity index (χ2v) is 5.73. The molecule has 0 spiro atoms. The van der Waals surface area contributed by atoms with E-state index < -0.39 is 0 Å². The molecular formula is C14H18N2S. The normalized spacial score (nSPS) is 11.4. The highest BCUT2D eigenvalue weighted by Gasteiger charge is 2.18. The summed E-state index contributed by atoms with van der Waals surface area (Å²) in [6, 6.07) is 10.6. The monoisotopic (exact) mass is 246 g/mol. The minimum Gasteiger partial charge on any atom is -0.357 e. The summed E-state index contributed by atoms with van der Waals surface area (Å²) in [5.74, 6) is 0. The summed E-state index contributed by atoms with van der Waals surface area (Å²) < 4.78 is 0. The van der Waals surface area contributed by atoms with E-state index in [0.717, 1.165) is 18.0 Å². The molecule has 17 heavy (non-hydrogen) atoms. The van der Waals surface area contributed by atoms with E-state index in [1.54, 1.807) is 11.3 Å². The quantitative estimate of drug-likeness (QED) is 0.863. The second-order valence-electron chi connectivity index (χ2n) is 4.83. The zero-order valence-corrected chi connectivity index (χ0v) is 11.1. The number of hydrogen-bond donors (Lipinski definition) is 1. The van der Waals surface area contributed by atoms with Crippen LogP contribution in [0.5, 0.6) is 0 Å². The predicted molar refractivity (Wildman–Crippen MR) is 74.6 cm³/mol. The fourth-order valence-corrected chi connectivity index (χ4v) is 2.45. The average Bonchev–Trinajstić information content (AvgIpc) is 2.80. The number of rotatable bonds is 5. The van der Waals surface area contributed by atoms with Crippen LogP contribution < -0.4 is 5.32 Å². The van der Waals surface area contributed by atoms with Gasteiger partial charge in [-0.15, -0.1) is 11.3 Å². The van der Waals surface area contributed by atoms with Crippen molar-refractivity contribution in [1.82, 2.24) is 4.98 Å². The predicted octanol–water partition coefficient (Wildman–Crippen LogP) is 3.97. The lowest BCUT2D eigenvalue weighted by Gasteiger charge is -2.26. The summed E-state index contributed by atoms with van der Waals surface area (Å²) in [7, 11) is 0. The molecule has 1 heterocycles. The highest BCUT2D eigenvalue weighted by atomic mass is 32.1. The van der Waals surface area contributed by atoms with Gasteiger partial charge in [-0.2, -0.15) is 0 Å². The van der Waals surface area contributed by atoms with Crippen LogP contribution in [-0.2, 0) is 6.42 Å². The fourth-order valence-electron chi connectivity index (χ4n) is 1.74. The SMILES string of the molecule is CC(C)(CCc1ccccc1)Nc1nccs1. The van der Waals surface area contributed by atoms with Crippen molar-refractivity contribution in [1.29, 1.82) is 0 Å². The topological polar surface area (TPSA) is 24.9 Å². The lowest BCUT2D eigenvalue weighted by atomic mass is 9.95. The Hall–Kier alpha value is -1.35. The summed E-state index contributed by atoms with van der Waals surface area (Å²) in [5, 5.41) is 6.47. The Labute approximate surface area is 107 Å². The molecule has 2 rings (SSSR count). The molecule has 1 aromatic heterocycles. The average molecular weight is 246 g/mol. The summed E-state index contributed by atoms with van der Waals surface area (Å²) in [6.07, 6.45) is 4.02. The molecule has 90 valence electrons. The third-order valence-corrected chi connectivity index (χ3v) is 3.45. The van der Waals surface area contributed by atoms with Gasteiger partial charge in [0.25, 0.3) is 0 Å². The van der Waals surface area contributed by atoms with Crippen molar-refractivity contribution in [3.05, 3.63) is 47.5 Å². The maximum atomic E-state index is 4.26. The zero-order valence-electron chi connectivity index (χ0n) is 10.3. The van der Waals surface area contributed by atoms with Gasteiger partial charge in [-0.05, 0) is 32.3 Å². The minimum atomic E-state index is 0.0771. The van der Waals surface area contributed by atoms with Crippen LogP contribution in [0.4, 0.5) is 5.13 Å². The Kier molecular flexibility index (Phi) is 3.79. The molecule has 0 saturated heterocycles. The van der Waals surface area contributed by atoms with Crippen molar-refractivity contribution in [3.63, 3.8) is 0 Å². The molecule has 0 unspecified atom stereocenters. The minimum absolute atomic E-state index is 0.0771. The number of anilines is 1. The lowest BCUT2D eigenvalue weighted by molar-refractivity contribution is 0.518. The molecule has 2 aromatic rings. The van der Waals surface area contributed by atoms with E-state index in [2.05, 4.69) is 54.5 Å². The molecule has 2 nitrogen and oxygen atoms in total. The van der Waals surface area contributed by atoms with Gasteiger partial charge in [0.05, 0.1) is 0 Å². The molecule has 0 bridgehead atoms. The van der Waals surface area contributed by atoms with Crippen LogP contribution in [-0.4, -0.2) is 10.5 Å². The molecule has 0 aliphatic carbocycles. The zero-order chi connectivity index (χ0) is 12.1. The highest BCUT2D eigenvalue weighted by Crippen LogP contribution is 2.21. The van der Waals surface area contributed by atoms with Crippen molar-refractivity contribution in [2.45, 2.75) is 32.2 Å². The first-order chi connectivity index (χ1) is 8.16. The Morgan fingerprint density at radius 2 is 2.00 bits per heavy atom. The van der Waals surface area contributed by atoms with E-state index >= 15 is 0 Å². The van der Waals surface area contributed by atoms with Crippen LogP contribution in [0, 0.1) is 0 Å². The molecule has 0 amide bonds. The summed E-state index contributed by atoms with van der Waals surface area (Å²) in [4.78, 5) is 4.26. The number of hydrogen-bond acceptors (Lipinski definition) is 3. The Morgan fingerprint density at radius 1 is 1.24 bits per heavy atom. The van der Waals surface area contributed by atoms with Gasteiger partial charge in [0.2, 0.25) is 0 Å². The molecular weight excluding hydrogens is 228 g/mol. The fraction of sp³-hybridized carbons (Fsp3) is 0.357. The van der Waals surface area contributed by atoms with Gasteiger partial charge in [-0.25, -0.2) is 4.98 Å². The van der Waals surface area contributed by atoms with E-state index in [1.807, 2.05) is 11.6 Å². The third-order valence-electron chi connectivity index (χ3n) is 2.76. The largest absolute Gasteiger partial charge is 0.357 e. The highest BCUT2D eigenvalue weighted by molar-refractivity contribution is 7.13. The van der Waals surface area contributed by atoms with Gasteiger partial charge in [-0.1, -0.05) is 30.3 Å². The Morgan fingerprint density at radius 3 is 2.65 bits per heavy atom. The molecule has 0 radical (unpaired) electrons. The van der Waals surface area contributed by atoms with Crippen LogP contribution in [0.25, 0.3) is 0 Å². The summed E-state index contributed by atoms with van der Waals surface area (Å²) >= 11 is 1.65. The van der Waals surface area contributed by atoms with E-state index in [9.17, 15) is 0 Å². The third kappa shape index (κ3) is 3.86. The van der Waals surface area contributed by atoms with Gasteiger partial charge in [0.15, 0.2) is 5.13 Å².